The molecule has 100 valence electrons. The van der Waals surface area contributed by atoms with Crippen LogP contribution in [0, 0.1) is 6.92 Å². The molecule has 0 fully saturated rings. The second-order valence-corrected chi connectivity index (χ2v) is 7.37. The van der Waals surface area contributed by atoms with Crippen molar-refractivity contribution in [1.82, 2.24) is 4.98 Å². The highest BCUT2D eigenvalue weighted by Gasteiger charge is 2.22. The monoisotopic (exact) mass is 291 g/mol. The van der Waals surface area contributed by atoms with Gasteiger partial charge in [0.2, 0.25) is 0 Å². The largest absolute Gasteiger partial charge is 0.288 e. The van der Waals surface area contributed by atoms with Gasteiger partial charge in [0.15, 0.2) is 5.78 Å². The number of hydrogen-bond donors (Lipinski definition) is 0. The molecule has 2 heterocycles. The van der Waals surface area contributed by atoms with Gasteiger partial charge in [-0.25, -0.2) is 4.98 Å². The molecule has 19 heavy (non-hydrogen) atoms. The molecule has 4 heteroatoms. The van der Waals surface area contributed by atoms with Crippen LogP contribution < -0.4 is 0 Å². The van der Waals surface area contributed by atoms with E-state index in [-0.39, 0.29) is 11.2 Å². The summed E-state index contributed by atoms with van der Waals surface area (Å²) in [7, 11) is 0. The standard InChI is InChI=1S/C15H17NOS2/c1-10-13(19-14(16-10)15(2,3)4)12(17)8-7-11-6-5-9-18-11/h5-9H,1-4H3/b8-7+. The zero-order valence-corrected chi connectivity index (χ0v) is 13.2. The molecule has 0 radical (unpaired) electrons. The number of carbonyl (C=O) groups excluding carboxylic acids is 1. The van der Waals surface area contributed by atoms with Crippen molar-refractivity contribution in [3.05, 3.63) is 44.0 Å². The molecule has 0 N–H and O–H groups in total. The van der Waals surface area contributed by atoms with Crippen LogP contribution in [0.25, 0.3) is 6.08 Å². The third kappa shape index (κ3) is 3.39. The molecular formula is C15H17NOS2. The SMILES string of the molecule is Cc1nc(C(C)(C)C)sc1C(=O)/C=C/c1cccs1. The molecule has 0 amide bonds. The average Bonchev–Trinajstić information content (AvgIpc) is 2.93. The van der Waals surface area contributed by atoms with E-state index >= 15 is 0 Å². The first-order chi connectivity index (χ1) is 8.88. The maximum Gasteiger partial charge on any atom is 0.197 e. The molecule has 2 nitrogen and oxygen atoms in total. The minimum absolute atomic E-state index is 0.00851. The van der Waals surface area contributed by atoms with Crippen molar-refractivity contribution in [2.24, 2.45) is 0 Å². The lowest BCUT2D eigenvalue weighted by atomic mass is 9.98. The lowest BCUT2D eigenvalue weighted by Crippen LogP contribution is -2.10. The second-order valence-electron chi connectivity index (χ2n) is 5.40. The Balaban J connectivity index is 2.22. The number of allylic oxidation sites excluding steroid dienone is 1. The molecule has 0 saturated heterocycles. The minimum Gasteiger partial charge on any atom is -0.288 e. The van der Waals surface area contributed by atoms with Gasteiger partial charge in [0.05, 0.1) is 15.6 Å². The van der Waals surface area contributed by atoms with Crippen LogP contribution in [0.4, 0.5) is 0 Å². The highest BCUT2D eigenvalue weighted by atomic mass is 32.1. The Morgan fingerprint density at radius 1 is 1.37 bits per heavy atom. The van der Waals surface area contributed by atoms with Crippen molar-refractivity contribution in [1.29, 1.82) is 0 Å². The molecule has 0 aliphatic carbocycles. The minimum atomic E-state index is -0.00851. The van der Waals surface area contributed by atoms with Crippen molar-refractivity contribution in [3.63, 3.8) is 0 Å². The number of rotatable bonds is 3. The highest BCUT2D eigenvalue weighted by Crippen LogP contribution is 2.29. The Bertz CT molecular complexity index is 601. The number of hydrogen-bond acceptors (Lipinski definition) is 4. The van der Waals surface area contributed by atoms with Crippen LogP contribution in [0.5, 0.6) is 0 Å². The predicted molar refractivity (Wildman–Crippen MR) is 83.2 cm³/mol. The summed E-state index contributed by atoms with van der Waals surface area (Å²) in [6.07, 6.45) is 3.50. The summed E-state index contributed by atoms with van der Waals surface area (Å²) >= 11 is 3.13. The number of ketones is 1. The van der Waals surface area contributed by atoms with Crippen molar-refractivity contribution >= 4 is 34.5 Å². The Labute approximate surface area is 121 Å². The van der Waals surface area contributed by atoms with Crippen molar-refractivity contribution < 1.29 is 4.79 Å². The predicted octanol–water partition coefficient (Wildman–Crippen LogP) is 4.71. The summed E-state index contributed by atoms with van der Waals surface area (Å²) in [6.45, 7) is 8.24. The van der Waals surface area contributed by atoms with Crippen LogP contribution in [0.2, 0.25) is 0 Å². The Morgan fingerprint density at radius 2 is 2.11 bits per heavy atom. The van der Waals surface area contributed by atoms with Gasteiger partial charge >= 0.3 is 0 Å². The van der Waals surface area contributed by atoms with Crippen LogP contribution in [0.15, 0.2) is 23.6 Å². The lowest BCUT2D eigenvalue weighted by Gasteiger charge is -2.13. The number of aromatic nitrogens is 1. The Morgan fingerprint density at radius 3 is 2.63 bits per heavy atom. The van der Waals surface area contributed by atoms with Crippen LogP contribution in [-0.2, 0) is 5.41 Å². The van der Waals surface area contributed by atoms with E-state index in [9.17, 15) is 4.79 Å². The highest BCUT2D eigenvalue weighted by molar-refractivity contribution is 7.14. The van der Waals surface area contributed by atoms with E-state index in [1.54, 1.807) is 17.4 Å². The molecule has 0 spiro atoms. The summed E-state index contributed by atoms with van der Waals surface area (Å²) in [6, 6.07) is 3.97. The maximum absolute atomic E-state index is 12.2. The third-order valence-electron chi connectivity index (χ3n) is 2.60. The van der Waals surface area contributed by atoms with E-state index in [0.717, 1.165) is 20.5 Å². The fraction of sp³-hybridized carbons (Fsp3) is 0.333. The molecule has 0 unspecified atom stereocenters. The second kappa shape index (κ2) is 5.39. The van der Waals surface area contributed by atoms with E-state index < -0.39 is 0 Å². The Hall–Kier alpha value is -1.26. The van der Waals surface area contributed by atoms with Gasteiger partial charge in [0.1, 0.15) is 0 Å². The summed E-state index contributed by atoms with van der Waals surface area (Å²) < 4.78 is 0. The fourth-order valence-corrected chi connectivity index (χ4v) is 3.23. The maximum atomic E-state index is 12.2. The molecule has 2 aromatic heterocycles. The van der Waals surface area contributed by atoms with Gasteiger partial charge in [-0.2, -0.15) is 0 Å². The lowest BCUT2D eigenvalue weighted by molar-refractivity contribution is 0.105. The van der Waals surface area contributed by atoms with Gasteiger partial charge in [-0.15, -0.1) is 22.7 Å². The molecule has 2 rings (SSSR count). The number of nitrogens with zero attached hydrogens (tertiary/aromatic N) is 1. The molecular weight excluding hydrogens is 274 g/mol. The number of thiophene rings is 1. The average molecular weight is 291 g/mol. The smallest absolute Gasteiger partial charge is 0.197 e. The van der Waals surface area contributed by atoms with E-state index in [2.05, 4.69) is 25.8 Å². The molecule has 0 aromatic carbocycles. The van der Waals surface area contributed by atoms with Crippen LogP contribution in [0.1, 0.15) is 46.0 Å². The number of thiazole rings is 1. The zero-order valence-electron chi connectivity index (χ0n) is 11.6. The van der Waals surface area contributed by atoms with E-state index in [1.807, 2.05) is 30.5 Å². The molecule has 0 aliphatic rings. The first-order valence-corrected chi connectivity index (χ1v) is 7.81. The van der Waals surface area contributed by atoms with E-state index in [0.29, 0.717) is 0 Å². The van der Waals surface area contributed by atoms with Crippen molar-refractivity contribution in [3.8, 4) is 0 Å². The van der Waals surface area contributed by atoms with Gasteiger partial charge in [-0.3, -0.25) is 4.79 Å². The molecule has 2 aromatic rings. The summed E-state index contributed by atoms with van der Waals surface area (Å²) in [5.74, 6) is 0.0406. The summed E-state index contributed by atoms with van der Waals surface area (Å²) in [5.41, 5.74) is 0.821. The van der Waals surface area contributed by atoms with E-state index in [1.165, 1.54) is 11.3 Å². The van der Waals surface area contributed by atoms with Gasteiger partial charge in [0, 0.05) is 10.3 Å². The van der Waals surface area contributed by atoms with Crippen LogP contribution in [0.3, 0.4) is 0 Å². The zero-order chi connectivity index (χ0) is 14.0. The topological polar surface area (TPSA) is 30.0 Å². The number of aryl methyl sites for hydroxylation is 1. The Kier molecular flexibility index (Phi) is 4.02. The molecule has 0 bridgehead atoms. The van der Waals surface area contributed by atoms with Gasteiger partial charge in [0.25, 0.3) is 0 Å². The third-order valence-corrected chi connectivity index (χ3v) is 5.04. The van der Waals surface area contributed by atoms with Gasteiger partial charge in [-0.1, -0.05) is 26.8 Å². The first-order valence-electron chi connectivity index (χ1n) is 6.12. The summed E-state index contributed by atoms with van der Waals surface area (Å²) in [4.78, 5) is 18.5. The van der Waals surface area contributed by atoms with Crippen molar-refractivity contribution in [2.45, 2.75) is 33.1 Å². The summed E-state index contributed by atoms with van der Waals surface area (Å²) in [5, 5.41) is 3.01. The molecule has 0 atom stereocenters. The van der Waals surface area contributed by atoms with Gasteiger partial charge in [-0.05, 0) is 30.5 Å². The van der Waals surface area contributed by atoms with Crippen molar-refractivity contribution in [2.75, 3.05) is 0 Å². The normalized spacial score (nSPS) is 12.2. The number of carbonyl (C=O) groups is 1. The first kappa shape index (κ1) is 14.2. The quantitative estimate of drug-likeness (QED) is 0.605. The van der Waals surface area contributed by atoms with Gasteiger partial charge < -0.3 is 0 Å². The fourth-order valence-electron chi connectivity index (χ4n) is 1.57. The molecule has 0 saturated carbocycles. The van der Waals surface area contributed by atoms with E-state index in [4.69, 9.17) is 0 Å². The van der Waals surface area contributed by atoms with Crippen LogP contribution in [-0.4, -0.2) is 10.8 Å². The molecule has 0 aliphatic heterocycles. The van der Waals surface area contributed by atoms with Crippen LogP contribution >= 0.6 is 22.7 Å².